The highest BCUT2D eigenvalue weighted by Crippen LogP contribution is 2.04. The predicted octanol–water partition coefficient (Wildman–Crippen LogP) is 3.74. The zero-order chi connectivity index (χ0) is 13.2. The minimum Gasteiger partial charge on any atom is -0.463 e. The molecule has 0 radical (unpaired) electrons. The summed E-state index contributed by atoms with van der Waals surface area (Å²) in [6.07, 6.45) is 8.36. The van der Waals surface area contributed by atoms with E-state index in [1.165, 1.54) is 18.2 Å². The highest BCUT2D eigenvalue weighted by Gasteiger charge is 1.93. The van der Waals surface area contributed by atoms with E-state index >= 15 is 0 Å². The minimum atomic E-state index is -0.341. The second kappa shape index (κ2) is 8.23. The molecule has 0 aliphatic rings. The number of hydrogen-bond donors (Lipinski definition) is 0. The molecule has 0 aliphatic heterocycles. The van der Waals surface area contributed by atoms with Crippen molar-refractivity contribution < 1.29 is 13.9 Å². The van der Waals surface area contributed by atoms with E-state index in [1.807, 2.05) is 6.92 Å². The van der Waals surface area contributed by atoms with Gasteiger partial charge in [-0.1, -0.05) is 43.7 Å². The SMILES string of the molecule is CCCCOC(=O)C=CC=Cc1ccc(F)cc1. The lowest BCUT2D eigenvalue weighted by Crippen LogP contribution is -2.01. The van der Waals surface area contributed by atoms with Gasteiger partial charge >= 0.3 is 5.97 Å². The molecule has 0 saturated heterocycles. The molecule has 1 aromatic carbocycles. The number of carbonyl (C=O) groups is 1. The molecule has 2 nitrogen and oxygen atoms in total. The average molecular weight is 248 g/mol. The molecular formula is C15H17FO2. The smallest absolute Gasteiger partial charge is 0.330 e. The topological polar surface area (TPSA) is 26.3 Å². The first kappa shape index (κ1) is 14.2. The van der Waals surface area contributed by atoms with Gasteiger partial charge < -0.3 is 4.74 Å². The molecule has 0 aromatic heterocycles. The van der Waals surface area contributed by atoms with Crippen LogP contribution in [0.1, 0.15) is 25.3 Å². The van der Waals surface area contributed by atoms with Gasteiger partial charge in [0.1, 0.15) is 5.82 Å². The van der Waals surface area contributed by atoms with Gasteiger partial charge in [0.25, 0.3) is 0 Å². The Kier molecular flexibility index (Phi) is 6.47. The Hall–Kier alpha value is -1.90. The Balaban J connectivity index is 2.35. The normalized spacial score (nSPS) is 11.2. The van der Waals surface area contributed by atoms with Gasteiger partial charge in [-0.05, 0) is 24.1 Å². The van der Waals surface area contributed by atoms with E-state index in [4.69, 9.17) is 4.74 Å². The molecule has 18 heavy (non-hydrogen) atoms. The van der Waals surface area contributed by atoms with Crippen molar-refractivity contribution >= 4 is 12.0 Å². The fraction of sp³-hybridized carbons (Fsp3) is 0.267. The summed E-state index contributed by atoms with van der Waals surface area (Å²) in [5, 5.41) is 0. The molecule has 0 spiro atoms. The fourth-order valence-corrected chi connectivity index (χ4v) is 1.24. The lowest BCUT2D eigenvalue weighted by molar-refractivity contribution is -0.137. The fourth-order valence-electron chi connectivity index (χ4n) is 1.24. The maximum absolute atomic E-state index is 12.6. The van der Waals surface area contributed by atoms with Gasteiger partial charge in [-0.25, -0.2) is 9.18 Å². The highest BCUT2D eigenvalue weighted by molar-refractivity contribution is 5.82. The Morgan fingerprint density at radius 1 is 1.28 bits per heavy atom. The van der Waals surface area contributed by atoms with Crippen LogP contribution in [0.2, 0.25) is 0 Å². The summed E-state index contributed by atoms with van der Waals surface area (Å²) in [5.41, 5.74) is 0.875. The molecule has 0 fully saturated rings. The van der Waals surface area contributed by atoms with Gasteiger partial charge in [-0.3, -0.25) is 0 Å². The Morgan fingerprint density at radius 2 is 2.00 bits per heavy atom. The first-order valence-corrected chi connectivity index (χ1v) is 5.99. The standard InChI is InChI=1S/C15H17FO2/c1-2-3-12-18-15(17)7-5-4-6-13-8-10-14(16)11-9-13/h4-11H,2-3,12H2,1H3. The third-order valence-corrected chi connectivity index (χ3v) is 2.24. The number of allylic oxidation sites excluding steroid dienone is 2. The summed E-state index contributed by atoms with van der Waals surface area (Å²) in [4.78, 5) is 11.2. The maximum Gasteiger partial charge on any atom is 0.330 e. The second-order valence-corrected chi connectivity index (χ2v) is 3.79. The monoisotopic (exact) mass is 248 g/mol. The Bertz CT molecular complexity index is 419. The van der Waals surface area contributed by atoms with Crippen LogP contribution in [0.5, 0.6) is 0 Å². The quantitative estimate of drug-likeness (QED) is 0.332. The van der Waals surface area contributed by atoms with Crippen LogP contribution in [-0.4, -0.2) is 12.6 Å². The number of carbonyl (C=O) groups excluding carboxylic acids is 1. The summed E-state index contributed by atoms with van der Waals surface area (Å²) in [6, 6.07) is 6.11. The van der Waals surface area contributed by atoms with Crippen LogP contribution in [-0.2, 0) is 9.53 Å². The lowest BCUT2D eigenvalue weighted by atomic mass is 10.2. The third kappa shape index (κ3) is 5.99. The highest BCUT2D eigenvalue weighted by atomic mass is 19.1. The summed E-state index contributed by atoms with van der Waals surface area (Å²) >= 11 is 0. The van der Waals surface area contributed by atoms with E-state index in [9.17, 15) is 9.18 Å². The minimum absolute atomic E-state index is 0.262. The van der Waals surface area contributed by atoms with Gasteiger partial charge in [0.2, 0.25) is 0 Å². The molecule has 96 valence electrons. The molecule has 0 saturated carbocycles. The predicted molar refractivity (Wildman–Crippen MR) is 70.4 cm³/mol. The van der Waals surface area contributed by atoms with E-state index in [-0.39, 0.29) is 11.8 Å². The van der Waals surface area contributed by atoms with Crippen molar-refractivity contribution in [1.29, 1.82) is 0 Å². The van der Waals surface area contributed by atoms with E-state index in [1.54, 1.807) is 30.4 Å². The average Bonchev–Trinajstić information content (AvgIpc) is 2.37. The summed E-state index contributed by atoms with van der Waals surface area (Å²) in [5.74, 6) is -0.602. The van der Waals surface area contributed by atoms with Crippen LogP contribution in [0.3, 0.4) is 0 Å². The zero-order valence-corrected chi connectivity index (χ0v) is 10.4. The van der Waals surface area contributed by atoms with Crippen molar-refractivity contribution in [1.82, 2.24) is 0 Å². The summed E-state index contributed by atoms with van der Waals surface area (Å²) < 4.78 is 17.6. The number of benzene rings is 1. The van der Waals surface area contributed by atoms with Gasteiger partial charge in [0.05, 0.1) is 6.61 Å². The number of hydrogen-bond acceptors (Lipinski definition) is 2. The second-order valence-electron chi connectivity index (χ2n) is 3.79. The zero-order valence-electron chi connectivity index (χ0n) is 10.4. The van der Waals surface area contributed by atoms with Crippen LogP contribution in [0.15, 0.2) is 42.5 Å². The number of unbranched alkanes of at least 4 members (excludes halogenated alkanes) is 1. The summed E-state index contributed by atoms with van der Waals surface area (Å²) in [6.45, 7) is 2.50. The largest absolute Gasteiger partial charge is 0.463 e. The van der Waals surface area contributed by atoms with Gasteiger partial charge in [-0.2, -0.15) is 0 Å². The first-order valence-electron chi connectivity index (χ1n) is 5.99. The summed E-state index contributed by atoms with van der Waals surface area (Å²) in [7, 11) is 0. The molecule has 3 heteroatoms. The van der Waals surface area contributed by atoms with E-state index in [0.29, 0.717) is 6.61 Å². The molecule has 0 aliphatic carbocycles. The van der Waals surface area contributed by atoms with Crippen molar-refractivity contribution in [3.63, 3.8) is 0 Å². The van der Waals surface area contributed by atoms with Gasteiger partial charge in [0, 0.05) is 6.08 Å². The van der Waals surface area contributed by atoms with Gasteiger partial charge in [0.15, 0.2) is 0 Å². The molecule has 0 atom stereocenters. The van der Waals surface area contributed by atoms with Crippen LogP contribution in [0.4, 0.5) is 4.39 Å². The van der Waals surface area contributed by atoms with Crippen LogP contribution in [0, 0.1) is 5.82 Å². The molecule has 0 heterocycles. The Morgan fingerprint density at radius 3 is 2.67 bits per heavy atom. The van der Waals surface area contributed by atoms with Crippen molar-refractivity contribution in [3.8, 4) is 0 Å². The molecule has 0 N–H and O–H groups in total. The molecular weight excluding hydrogens is 231 g/mol. The Labute approximate surface area is 107 Å². The van der Waals surface area contributed by atoms with E-state index < -0.39 is 0 Å². The molecule has 1 rings (SSSR count). The van der Waals surface area contributed by atoms with Crippen LogP contribution < -0.4 is 0 Å². The van der Waals surface area contributed by atoms with Crippen molar-refractivity contribution in [3.05, 3.63) is 53.9 Å². The number of esters is 1. The third-order valence-electron chi connectivity index (χ3n) is 2.24. The molecule has 0 amide bonds. The number of ether oxygens (including phenoxy) is 1. The van der Waals surface area contributed by atoms with Crippen LogP contribution in [0.25, 0.3) is 6.08 Å². The van der Waals surface area contributed by atoms with E-state index in [2.05, 4.69) is 0 Å². The molecule has 0 unspecified atom stereocenters. The first-order chi connectivity index (χ1) is 8.72. The van der Waals surface area contributed by atoms with Crippen LogP contribution >= 0.6 is 0 Å². The number of rotatable bonds is 6. The lowest BCUT2D eigenvalue weighted by Gasteiger charge is -1.98. The molecule has 0 bridgehead atoms. The molecule has 1 aromatic rings. The van der Waals surface area contributed by atoms with E-state index in [0.717, 1.165) is 18.4 Å². The number of halogens is 1. The van der Waals surface area contributed by atoms with Gasteiger partial charge in [-0.15, -0.1) is 0 Å². The van der Waals surface area contributed by atoms with Crippen molar-refractivity contribution in [2.45, 2.75) is 19.8 Å². The van der Waals surface area contributed by atoms with Crippen molar-refractivity contribution in [2.75, 3.05) is 6.61 Å². The van der Waals surface area contributed by atoms with Crippen molar-refractivity contribution in [2.24, 2.45) is 0 Å². The maximum atomic E-state index is 12.6.